The Balaban J connectivity index is 1.48. The van der Waals surface area contributed by atoms with Crippen LogP contribution >= 0.6 is 35.2 Å². The fourth-order valence-corrected chi connectivity index (χ4v) is 8.67. The Morgan fingerprint density at radius 3 is 2.33 bits per heavy atom. The number of carboxylic acid groups (broad SMARTS) is 1. The van der Waals surface area contributed by atoms with E-state index >= 15 is 0 Å². The number of ether oxygens (including phenoxy) is 1. The highest BCUT2D eigenvalue weighted by molar-refractivity contribution is 8.13. The molecule has 7 N–H and O–H groups in total. The Kier molecular flexibility index (Phi) is 17.5. The number of aromatic nitrogens is 4. The quantitative estimate of drug-likeness (QED) is 0.0365. The van der Waals surface area contributed by atoms with Gasteiger partial charge in [-0.25, -0.2) is 19.3 Å². The smallest absolute Gasteiger partial charge is 0.314 e. The Labute approximate surface area is 334 Å². The van der Waals surface area contributed by atoms with Gasteiger partial charge in [0.25, 0.3) is 15.6 Å². The number of fused-ring (bicyclic) bond motifs is 1. The van der Waals surface area contributed by atoms with Gasteiger partial charge >= 0.3 is 5.97 Å². The molecule has 0 bridgehead atoms. The fourth-order valence-electron chi connectivity index (χ4n) is 5.13. The Bertz CT molecular complexity index is 1930. The molecule has 0 spiro atoms. The number of nitrogen functional groups attached to an aromatic ring is 1. The average Bonchev–Trinajstić information content (AvgIpc) is 3.66. The number of carboxylic acids is 1. The summed E-state index contributed by atoms with van der Waals surface area (Å²) in [5.74, 6) is -4.06. The van der Waals surface area contributed by atoms with E-state index in [1.165, 1.54) is 13.8 Å². The first kappa shape index (κ1) is 49.4. The molecule has 1 aliphatic heterocycles. The van der Waals surface area contributed by atoms with Gasteiger partial charge in [0.05, 0.1) is 27.4 Å². The minimum Gasteiger partial charge on any atom is -0.790 e. The third kappa shape index (κ3) is 14.6. The van der Waals surface area contributed by atoms with Crippen LogP contribution in [0.15, 0.2) is 12.7 Å². The highest BCUT2D eigenvalue weighted by atomic mass is 32.2. The minimum atomic E-state index is -5.94. The topological polar surface area (TPSA) is 412 Å². The summed E-state index contributed by atoms with van der Waals surface area (Å²) in [6, 6.07) is 0. The van der Waals surface area contributed by atoms with Gasteiger partial charge in [0.1, 0.15) is 42.2 Å². The molecule has 26 nitrogen and oxygen atoms in total. The third-order valence-electron chi connectivity index (χ3n) is 8.01. The molecular formula is C28H42N7O19P3S-4. The van der Waals surface area contributed by atoms with E-state index in [1.807, 2.05) is 0 Å². The van der Waals surface area contributed by atoms with E-state index in [1.54, 1.807) is 13.8 Å². The summed E-state index contributed by atoms with van der Waals surface area (Å²) in [5, 5.41) is 34.8. The van der Waals surface area contributed by atoms with Gasteiger partial charge in [0.15, 0.2) is 17.7 Å². The molecular weight excluding hydrogens is 863 g/mol. The van der Waals surface area contributed by atoms with Crippen molar-refractivity contribution in [1.29, 1.82) is 0 Å². The summed E-state index contributed by atoms with van der Waals surface area (Å²) >= 11 is 0.756. The van der Waals surface area contributed by atoms with Crippen LogP contribution in [0.2, 0.25) is 0 Å². The molecule has 0 radical (unpaired) electrons. The van der Waals surface area contributed by atoms with Crippen LogP contribution in [0.1, 0.15) is 46.8 Å². The van der Waals surface area contributed by atoms with Gasteiger partial charge in [0, 0.05) is 30.7 Å². The standard InChI is InChI=1S/C28H46N7O19P3S/c1-14(2)9-15(26(40)41)27(42)58-8-7-30-17(36)5-6-31-24(39)21(38)28(3,4)11-51-57(48,49)54-56(46,47)50-10-16-20(53-55(43,44)45)19(37)25(52-16)35-13-34-18-22(29)32-12-33-23(18)35/h12-16,19-21,25,37-38H,5-11H2,1-4H3,(H,30,36)(H,31,39)(H,40,41)(H,46,47)(H,48,49)(H2,29,32,33)(H2,43,44,45)/p-4. The second-order valence-corrected chi connectivity index (χ2v) is 18.8. The van der Waals surface area contributed by atoms with Crippen LogP contribution in [0.3, 0.4) is 0 Å². The highest BCUT2D eigenvalue weighted by Gasteiger charge is 2.47. The van der Waals surface area contributed by atoms with E-state index in [0.717, 1.165) is 29.0 Å². The molecule has 2 aromatic heterocycles. The summed E-state index contributed by atoms with van der Waals surface area (Å²) < 4.78 is 60.4. The average molecular weight is 906 g/mol. The maximum absolute atomic E-state index is 12.5. The molecule has 1 aliphatic rings. The molecule has 3 rings (SSSR count). The van der Waals surface area contributed by atoms with E-state index in [0.29, 0.717) is 0 Å². The van der Waals surface area contributed by atoms with E-state index in [-0.39, 0.29) is 54.6 Å². The first-order valence-corrected chi connectivity index (χ1v) is 22.3. The van der Waals surface area contributed by atoms with Crippen LogP contribution < -0.4 is 35.9 Å². The van der Waals surface area contributed by atoms with E-state index in [4.69, 9.17) is 10.5 Å². The summed E-state index contributed by atoms with van der Waals surface area (Å²) in [4.78, 5) is 108. The van der Waals surface area contributed by atoms with Crippen molar-refractivity contribution in [1.82, 2.24) is 30.2 Å². The predicted octanol–water partition coefficient (Wildman–Crippen LogP) is -3.12. The number of aliphatic hydroxyl groups excluding tert-OH is 2. The Morgan fingerprint density at radius 2 is 1.71 bits per heavy atom. The van der Waals surface area contributed by atoms with Gasteiger partial charge in [-0.15, -0.1) is 0 Å². The number of nitrogens with zero attached hydrogens (tertiary/aromatic N) is 4. The lowest BCUT2D eigenvalue weighted by Gasteiger charge is -2.36. The zero-order valence-electron chi connectivity index (χ0n) is 31.1. The van der Waals surface area contributed by atoms with Gasteiger partial charge in [-0.05, 0) is 12.3 Å². The van der Waals surface area contributed by atoms with Crippen LogP contribution in [0.4, 0.5) is 5.82 Å². The molecule has 58 heavy (non-hydrogen) atoms. The number of aliphatic carboxylic acids is 1. The molecule has 1 saturated heterocycles. The summed E-state index contributed by atoms with van der Waals surface area (Å²) in [7, 11) is -17.7. The monoisotopic (exact) mass is 905 g/mol. The second-order valence-electron chi connectivity index (χ2n) is 13.7. The van der Waals surface area contributed by atoms with Gasteiger partial charge in [0.2, 0.25) is 16.9 Å². The van der Waals surface area contributed by atoms with Crippen molar-refractivity contribution >= 4 is 75.1 Å². The summed E-state index contributed by atoms with van der Waals surface area (Å²) in [6.45, 7) is 3.29. The third-order valence-corrected chi connectivity index (χ3v) is 12.0. The number of carbonyl (C=O) groups is 4. The number of nitrogens with one attached hydrogen (secondary N) is 2. The van der Waals surface area contributed by atoms with Crippen molar-refractivity contribution in [2.24, 2.45) is 17.3 Å². The first-order valence-electron chi connectivity index (χ1n) is 16.9. The molecule has 30 heteroatoms. The van der Waals surface area contributed by atoms with Crippen LogP contribution in [0.25, 0.3) is 11.2 Å². The molecule has 8 atom stereocenters. The number of hydrogen-bond acceptors (Lipinski definition) is 23. The lowest BCUT2D eigenvalue weighted by Crippen LogP contribution is -2.46. The van der Waals surface area contributed by atoms with Crippen molar-refractivity contribution in [3.63, 3.8) is 0 Å². The molecule has 328 valence electrons. The number of hydrogen-bond donors (Lipinski definition) is 6. The van der Waals surface area contributed by atoms with Crippen molar-refractivity contribution in [2.75, 3.05) is 37.8 Å². The number of phosphoric acid groups is 3. The number of rotatable bonds is 23. The highest BCUT2D eigenvalue weighted by Crippen LogP contribution is 2.56. The van der Waals surface area contributed by atoms with E-state index in [2.05, 4.69) is 43.5 Å². The number of imidazole rings is 1. The summed E-state index contributed by atoms with van der Waals surface area (Å²) in [6.07, 6.45) is -7.64. The molecule has 2 amide bonds. The van der Waals surface area contributed by atoms with Crippen LogP contribution in [-0.2, 0) is 55.5 Å². The predicted molar refractivity (Wildman–Crippen MR) is 189 cm³/mol. The van der Waals surface area contributed by atoms with Crippen LogP contribution in [-0.4, -0.2) is 114 Å². The molecule has 1 fully saturated rings. The lowest BCUT2D eigenvalue weighted by atomic mass is 9.87. The molecule has 0 aliphatic carbocycles. The minimum absolute atomic E-state index is 0.0120. The van der Waals surface area contributed by atoms with Crippen molar-refractivity contribution < 1.29 is 90.4 Å². The van der Waals surface area contributed by atoms with E-state index < -0.39 is 102 Å². The normalized spacial score (nSPS) is 21.9. The number of thioether (sulfide) groups is 1. The van der Waals surface area contributed by atoms with Crippen molar-refractivity contribution in [3.8, 4) is 0 Å². The van der Waals surface area contributed by atoms with Crippen molar-refractivity contribution in [2.45, 2.75) is 71.2 Å². The number of phosphoric ester groups is 3. The summed E-state index contributed by atoms with van der Waals surface area (Å²) in [5.41, 5.74) is 4.00. The Morgan fingerprint density at radius 1 is 1.05 bits per heavy atom. The molecule has 2 aromatic rings. The molecule has 0 aromatic carbocycles. The molecule has 8 unspecified atom stereocenters. The first-order chi connectivity index (χ1) is 26.7. The maximum Gasteiger partial charge on any atom is 0.314 e. The number of carbonyl (C=O) groups excluding carboxylic acids is 3. The van der Waals surface area contributed by atoms with Gasteiger partial charge < -0.3 is 74.1 Å². The zero-order chi connectivity index (χ0) is 43.8. The lowest BCUT2D eigenvalue weighted by molar-refractivity contribution is -0.347. The fraction of sp³-hybridized carbons (Fsp3) is 0.679. The van der Waals surface area contributed by atoms with Gasteiger partial charge in [-0.1, -0.05) is 39.5 Å². The maximum atomic E-state index is 12.5. The number of nitrogens with two attached hydrogens (primary N) is 1. The van der Waals surface area contributed by atoms with Gasteiger partial charge in [-0.2, -0.15) is 0 Å². The van der Waals surface area contributed by atoms with Crippen LogP contribution in [0, 0.1) is 17.3 Å². The van der Waals surface area contributed by atoms with E-state index in [9.17, 15) is 67.8 Å². The largest absolute Gasteiger partial charge is 0.790 e. The van der Waals surface area contributed by atoms with Gasteiger partial charge in [-0.3, -0.25) is 32.9 Å². The SMILES string of the molecule is CC(C)CC(C(=O)O)C(=O)SCCNC(=O)CCNC(=O)C(O)C(C)(C)COP(=O)([O-])OP(=O)([O-])OCC1OC(n2cnc3c(N)ncnc32)C(O)C1OP(=O)([O-])[O-]. The van der Waals surface area contributed by atoms with Crippen LogP contribution in [0.5, 0.6) is 0 Å². The molecule has 3 heterocycles. The second kappa shape index (κ2) is 20.5. The zero-order valence-corrected chi connectivity index (χ0v) is 34.6. The number of anilines is 1. The Hall–Kier alpha value is -2.97. The number of aliphatic hydroxyl groups is 2. The number of amides is 2. The van der Waals surface area contributed by atoms with Crippen molar-refractivity contribution in [3.05, 3.63) is 12.7 Å². The molecule has 0 saturated carbocycles.